The Bertz CT molecular complexity index is 603. The molecule has 1 amide bonds. The Morgan fingerprint density at radius 3 is 2.33 bits per heavy atom. The quantitative estimate of drug-likeness (QED) is 0.753. The standard InChI is InChI=1S/C13H21N3O3S.ClH/c1-8(10(3)14)13(17)16-11-6-5-7-12(9(11)2)20(18,19)15-4;/h5-8,10,15H,14H2,1-4H3,(H,16,17);1H. The number of rotatable bonds is 5. The molecule has 0 spiro atoms. The van der Waals surface area contributed by atoms with Crippen molar-refractivity contribution in [3.8, 4) is 0 Å². The van der Waals surface area contributed by atoms with Gasteiger partial charge in [0.15, 0.2) is 0 Å². The fraction of sp³-hybridized carbons (Fsp3) is 0.462. The van der Waals surface area contributed by atoms with E-state index in [4.69, 9.17) is 5.73 Å². The van der Waals surface area contributed by atoms with Crippen LogP contribution in [-0.2, 0) is 14.8 Å². The van der Waals surface area contributed by atoms with E-state index >= 15 is 0 Å². The van der Waals surface area contributed by atoms with Gasteiger partial charge in [0, 0.05) is 11.7 Å². The summed E-state index contributed by atoms with van der Waals surface area (Å²) in [5.41, 5.74) is 6.65. The second-order valence-electron chi connectivity index (χ2n) is 4.77. The van der Waals surface area contributed by atoms with Crippen LogP contribution >= 0.6 is 12.4 Å². The number of nitrogens with one attached hydrogen (secondary N) is 2. The number of sulfonamides is 1. The van der Waals surface area contributed by atoms with Gasteiger partial charge in [-0.25, -0.2) is 13.1 Å². The van der Waals surface area contributed by atoms with Gasteiger partial charge < -0.3 is 11.1 Å². The summed E-state index contributed by atoms with van der Waals surface area (Å²) in [5.74, 6) is -0.596. The summed E-state index contributed by atoms with van der Waals surface area (Å²) in [6, 6.07) is 4.46. The molecule has 1 aromatic carbocycles. The van der Waals surface area contributed by atoms with Gasteiger partial charge in [-0.05, 0) is 38.6 Å². The van der Waals surface area contributed by atoms with Crippen LogP contribution in [0.3, 0.4) is 0 Å². The Balaban J connectivity index is 0.00000400. The summed E-state index contributed by atoms with van der Waals surface area (Å²) in [6.07, 6.45) is 0. The van der Waals surface area contributed by atoms with Gasteiger partial charge in [0.05, 0.1) is 10.8 Å². The maximum Gasteiger partial charge on any atom is 0.240 e. The van der Waals surface area contributed by atoms with Crippen molar-refractivity contribution in [1.29, 1.82) is 0 Å². The minimum absolute atomic E-state index is 0. The van der Waals surface area contributed by atoms with Gasteiger partial charge in [0.25, 0.3) is 0 Å². The first-order valence-corrected chi connectivity index (χ1v) is 7.78. The van der Waals surface area contributed by atoms with Gasteiger partial charge in [-0.1, -0.05) is 13.0 Å². The zero-order valence-electron chi connectivity index (χ0n) is 12.5. The molecule has 1 rings (SSSR count). The molecule has 1 aromatic rings. The van der Waals surface area contributed by atoms with E-state index < -0.39 is 10.0 Å². The molecular formula is C13H22ClN3O3S. The molecule has 2 atom stereocenters. The second-order valence-corrected chi connectivity index (χ2v) is 6.63. The summed E-state index contributed by atoms with van der Waals surface area (Å²) >= 11 is 0. The molecule has 2 unspecified atom stereocenters. The van der Waals surface area contributed by atoms with Crippen molar-refractivity contribution in [2.45, 2.75) is 31.7 Å². The van der Waals surface area contributed by atoms with Crippen LogP contribution in [0.25, 0.3) is 0 Å². The summed E-state index contributed by atoms with van der Waals surface area (Å²) < 4.78 is 26.0. The fourth-order valence-electron chi connectivity index (χ4n) is 1.64. The highest BCUT2D eigenvalue weighted by molar-refractivity contribution is 7.89. The molecule has 0 aliphatic carbocycles. The maximum absolute atomic E-state index is 12.0. The van der Waals surface area contributed by atoms with Gasteiger partial charge in [0.1, 0.15) is 0 Å². The van der Waals surface area contributed by atoms with Crippen molar-refractivity contribution < 1.29 is 13.2 Å². The monoisotopic (exact) mass is 335 g/mol. The summed E-state index contributed by atoms with van der Waals surface area (Å²) in [5, 5.41) is 2.72. The number of carbonyl (C=O) groups is 1. The van der Waals surface area contributed by atoms with E-state index in [1.165, 1.54) is 13.1 Å². The van der Waals surface area contributed by atoms with E-state index in [9.17, 15) is 13.2 Å². The van der Waals surface area contributed by atoms with Crippen LogP contribution < -0.4 is 15.8 Å². The Hall–Kier alpha value is -1.15. The van der Waals surface area contributed by atoms with Crippen LogP contribution in [0.2, 0.25) is 0 Å². The number of carbonyl (C=O) groups excluding carboxylic acids is 1. The van der Waals surface area contributed by atoms with Crippen molar-refractivity contribution >= 4 is 34.0 Å². The van der Waals surface area contributed by atoms with Crippen molar-refractivity contribution in [3.63, 3.8) is 0 Å². The molecule has 0 heterocycles. The van der Waals surface area contributed by atoms with Crippen molar-refractivity contribution in [2.75, 3.05) is 12.4 Å². The number of hydrogen-bond acceptors (Lipinski definition) is 4. The number of nitrogens with two attached hydrogens (primary N) is 1. The van der Waals surface area contributed by atoms with Crippen molar-refractivity contribution in [2.24, 2.45) is 11.7 Å². The SMILES string of the molecule is CNS(=O)(=O)c1cccc(NC(=O)C(C)C(C)N)c1C.Cl. The minimum atomic E-state index is -3.55. The topological polar surface area (TPSA) is 101 Å². The molecule has 6 nitrogen and oxygen atoms in total. The van der Waals surface area contributed by atoms with E-state index in [0.717, 1.165) is 0 Å². The van der Waals surface area contributed by atoms with Gasteiger partial charge in [0.2, 0.25) is 15.9 Å². The zero-order chi connectivity index (χ0) is 15.5. The highest BCUT2D eigenvalue weighted by atomic mass is 35.5. The predicted octanol–water partition coefficient (Wildman–Crippen LogP) is 1.25. The first-order valence-electron chi connectivity index (χ1n) is 6.30. The largest absolute Gasteiger partial charge is 0.327 e. The molecule has 8 heteroatoms. The highest BCUT2D eigenvalue weighted by Gasteiger charge is 2.20. The maximum atomic E-state index is 12.0. The molecule has 0 aromatic heterocycles. The first-order chi connectivity index (χ1) is 9.20. The lowest BCUT2D eigenvalue weighted by Crippen LogP contribution is -2.34. The molecule has 0 saturated carbocycles. The molecule has 0 bridgehead atoms. The van der Waals surface area contributed by atoms with Crippen LogP contribution in [0, 0.1) is 12.8 Å². The molecule has 21 heavy (non-hydrogen) atoms. The predicted molar refractivity (Wildman–Crippen MR) is 86.1 cm³/mol. The minimum Gasteiger partial charge on any atom is -0.327 e. The lowest BCUT2D eigenvalue weighted by atomic mass is 10.0. The normalized spacial score (nSPS) is 14.0. The van der Waals surface area contributed by atoms with Gasteiger partial charge in [-0.2, -0.15) is 0 Å². The number of halogens is 1. The van der Waals surface area contributed by atoms with Gasteiger partial charge in [-0.3, -0.25) is 4.79 Å². The van der Waals surface area contributed by atoms with E-state index in [1.807, 2.05) is 0 Å². The molecule has 0 aliphatic rings. The third kappa shape index (κ3) is 4.67. The van der Waals surface area contributed by atoms with Crippen LogP contribution in [0.15, 0.2) is 23.1 Å². The number of hydrogen-bond donors (Lipinski definition) is 3. The molecule has 0 fully saturated rings. The third-order valence-electron chi connectivity index (χ3n) is 3.30. The lowest BCUT2D eigenvalue weighted by Gasteiger charge is -2.17. The zero-order valence-corrected chi connectivity index (χ0v) is 14.1. The number of amides is 1. The molecular weight excluding hydrogens is 314 g/mol. The smallest absolute Gasteiger partial charge is 0.240 e. The fourth-order valence-corrected chi connectivity index (χ4v) is 2.63. The molecule has 120 valence electrons. The Morgan fingerprint density at radius 1 is 1.29 bits per heavy atom. The summed E-state index contributed by atoms with van der Waals surface area (Å²) in [6.45, 7) is 5.12. The number of benzene rings is 1. The van der Waals surface area contributed by atoms with E-state index in [2.05, 4.69) is 10.0 Å². The van der Waals surface area contributed by atoms with Gasteiger partial charge in [-0.15, -0.1) is 12.4 Å². The van der Waals surface area contributed by atoms with E-state index in [-0.39, 0.29) is 35.2 Å². The second kappa shape index (κ2) is 7.74. The van der Waals surface area contributed by atoms with Crippen LogP contribution in [0.4, 0.5) is 5.69 Å². The van der Waals surface area contributed by atoms with E-state index in [0.29, 0.717) is 11.3 Å². The van der Waals surface area contributed by atoms with Gasteiger partial charge >= 0.3 is 0 Å². The highest BCUT2D eigenvalue weighted by Crippen LogP contribution is 2.23. The van der Waals surface area contributed by atoms with Crippen molar-refractivity contribution in [3.05, 3.63) is 23.8 Å². The third-order valence-corrected chi connectivity index (χ3v) is 4.86. The van der Waals surface area contributed by atoms with E-state index in [1.54, 1.807) is 32.9 Å². The van der Waals surface area contributed by atoms with Crippen LogP contribution in [0.1, 0.15) is 19.4 Å². The summed E-state index contributed by atoms with van der Waals surface area (Å²) in [7, 11) is -2.20. The average molecular weight is 336 g/mol. The molecule has 0 saturated heterocycles. The molecule has 0 radical (unpaired) electrons. The first kappa shape index (κ1) is 19.9. The van der Waals surface area contributed by atoms with Crippen LogP contribution in [0.5, 0.6) is 0 Å². The molecule has 0 aliphatic heterocycles. The Morgan fingerprint density at radius 2 is 1.86 bits per heavy atom. The van der Waals surface area contributed by atoms with Crippen LogP contribution in [-0.4, -0.2) is 27.4 Å². The Labute approximate surface area is 132 Å². The lowest BCUT2D eigenvalue weighted by molar-refractivity contribution is -0.119. The average Bonchev–Trinajstić information content (AvgIpc) is 2.39. The number of anilines is 1. The van der Waals surface area contributed by atoms with Crippen molar-refractivity contribution in [1.82, 2.24) is 4.72 Å². The summed E-state index contributed by atoms with van der Waals surface area (Å²) in [4.78, 5) is 12.1. The molecule has 4 N–H and O–H groups in total. The Kier molecular flexibility index (Phi) is 7.32.